The van der Waals surface area contributed by atoms with Crippen molar-refractivity contribution in [3.8, 4) is 0 Å². The van der Waals surface area contributed by atoms with Gasteiger partial charge in [-0.3, -0.25) is 0 Å². The average molecular weight is 257 g/mol. The fraction of sp³-hybridized carbons (Fsp3) is 0.438. The van der Waals surface area contributed by atoms with E-state index >= 15 is 0 Å². The highest BCUT2D eigenvalue weighted by Crippen LogP contribution is 2.22. The summed E-state index contributed by atoms with van der Waals surface area (Å²) in [7, 11) is 2.05. The van der Waals surface area contributed by atoms with E-state index in [9.17, 15) is 0 Å². The van der Waals surface area contributed by atoms with Crippen LogP contribution in [-0.4, -0.2) is 16.1 Å². The lowest BCUT2D eigenvalue weighted by atomic mass is 9.95. The molecule has 1 heterocycles. The highest BCUT2D eigenvalue weighted by Gasteiger charge is 2.16. The van der Waals surface area contributed by atoms with Crippen molar-refractivity contribution in [3.05, 3.63) is 53.1 Å². The van der Waals surface area contributed by atoms with E-state index in [1.165, 1.54) is 22.4 Å². The summed E-state index contributed by atoms with van der Waals surface area (Å²) < 4.78 is 2.10. The summed E-state index contributed by atoms with van der Waals surface area (Å²) in [6.45, 7) is 7.48. The first kappa shape index (κ1) is 13.8. The molecule has 1 aromatic heterocycles. The Balaban J connectivity index is 2.29. The van der Waals surface area contributed by atoms with Crippen LogP contribution in [0.2, 0.25) is 0 Å². The molecule has 1 atom stereocenters. The zero-order valence-electron chi connectivity index (χ0n) is 12.3. The lowest BCUT2D eigenvalue weighted by Gasteiger charge is -2.20. The molecule has 1 aromatic carbocycles. The first-order valence-electron chi connectivity index (χ1n) is 6.88. The zero-order valence-corrected chi connectivity index (χ0v) is 12.3. The highest BCUT2D eigenvalue weighted by molar-refractivity contribution is 5.34. The maximum absolute atomic E-state index is 4.23. The molecule has 3 nitrogen and oxygen atoms in total. The Bertz CT molecular complexity index is 522. The lowest BCUT2D eigenvalue weighted by Crippen LogP contribution is -2.25. The van der Waals surface area contributed by atoms with Gasteiger partial charge >= 0.3 is 0 Å². The predicted molar refractivity (Wildman–Crippen MR) is 79.2 cm³/mol. The second-order valence-electron chi connectivity index (χ2n) is 5.11. The van der Waals surface area contributed by atoms with E-state index in [1.807, 2.05) is 12.5 Å². The number of imidazole rings is 1. The van der Waals surface area contributed by atoms with Crippen LogP contribution in [0.5, 0.6) is 0 Å². The van der Waals surface area contributed by atoms with Gasteiger partial charge in [0.15, 0.2) is 0 Å². The van der Waals surface area contributed by atoms with Crippen LogP contribution in [0.15, 0.2) is 30.7 Å². The Labute approximate surface area is 115 Å². The molecule has 1 unspecified atom stereocenters. The molecule has 0 aliphatic rings. The quantitative estimate of drug-likeness (QED) is 0.892. The second kappa shape index (κ2) is 6.02. The minimum absolute atomic E-state index is 0.317. The maximum atomic E-state index is 4.23. The standard InChI is InChI=1S/C16H23N3/c1-5-18-15(16-10-17-11-19(16)4)9-14-12(2)7-6-8-13(14)3/h6-8,10-11,15,18H,5,9H2,1-4H3. The molecule has 0 fully saturated rings. The summed E-state index contributed by atoms with van der Waals surface area (Å²) in [6.07, 6.45) is 4.83. The van der Waals surface area contributed by atoms with Crippen LogP contribution < -0.4 is 5.32 Å². The van der Waals surface area contributed by atoms with E-state index in [1.54, 1.807) is 0 Å². The molecule has 0 bridgehead atoms. The summed E-state index contributed by atoms with van der Waals surface area (Å²) in [6, 6.07) is 6.82. The van der Waals surface area contributed by atoms with Crippen molar-refractivity contribution in [2.24, 2.45) is 7.05 Å². The Hall–Kier alpha value is -1.61. The zero-order chi connectivity index (χ0) is 13.8. The van der Waals surface area contributed by atoms with Gasteiger partial charge in [-0.15, -0.1) is 0 Å². The van der Waals surface area contributed by atoms with Gasteiger partial charge in [-0.2, -0.15) is 0 Å². The average Bonchev–Trinajstić information content (AvgIpc) is 2.79. The van der Waals surface area contributed by atoms with Gasteiger partial charge in [0.05, 0.1) is 18.1 Å². The molecular weight excluding hydrogens is 234 g/mol. The molecule has 19 heavy (non-hydrogen) atoms. The van der Waals surface area contributed by atoms with Gasteiger partial charge in [0.1, 0.15) is 0 Å². The molecule has 2 aromatic rings. The van der Waals surface area contributed by atoms with Crippen LogP contribution >= 0.6 is 0 Å². The van der Waals surface area contributed by atoms with Crippen LogP contribution in [-0.2, 0) is 13.5 Å². The number of benzene rings is 1. The second-order valence-corrected chi connectivity index (χ2v) is 5.11. The van der Waals surface area contributed by atoms with Crippen LogP contribution in [0.4, 0.5) is 0 Å². The van der Waals surface area contributed by atoms with Crippen LogP contribution in [0.1, 0.15) is 35.3 Å². The molecule has 0 radical (unpaired) electrons. The molecule has 0 amide bonds. The Morgan fingerprint density at radius 2 is 1.95 bits per heavy atom. The van der Waals surface area contributed by atoms with Crippen molar-refractivity contribution >= 4 is 0 Å². The Kier molecular flexibility index (Phi) is 4.38. The largest absolute Gasteiger partial charge is 0.336 e. The predicted octanol–water partition coefficient (Wildman–Crippen LogP) is 2.93. The van der Waals surface area contributed by atoms with Crippen molar-refractivity contribution in [1.29, 1.82) is 0 Å². The van der Waals surface area contributed by atoms with Gasteiger partial charge in [-0.25, -0.2) is 4.98 Å². The topological polar surface area (TPSA) is 29.9 Å². The smallest absolute Gasteiger partial charge is 0.0946 e. The summed E-state index contributed by atoms with van der Waals surface area (Å²) in [5.41, 5.74) is 5.41. The van der Waals surface area contributed by atoms with E-state index in [2.05, 4.69) is 60.9 Å². The molecule has 0 aliphatic carbocycles. The van der Waals surface area contributed by atoms with Gasteiger partial charge in [0.2, 0.25) is 0 Å². The summed E-state index contributed by atoms with van der Waals surface area (Å²) >= 11 is 0. The molecule has 1 N–H and O–H groups in total. The molecule has 102 valence electrons. The fourth-order valence-electron chi connectivity index (χ4n) is 2.61. The van der Waals surface area contributed by atoms with E-state index in [-0.39, 0.29) is 0 Å². The summed E-state index contributed by atoms with van der Waals surface area (Å²) in [5, 5.41) is 3.57. The van der Waals surface area contributed by atoms with Gasteiger partial charge in [-0.1, -0.05) is 25.1 Å². The van der Waals surface area contributed by atoms with Gasteiger partial charge in [-0.05, 0) is 43.5 Å². The third kappa shape index (κ3) is 3.04. The van der Waals surface area contributed by atoms with E-state index in [4.69, 9.17) is 0 Å². The molecule has 3 heteroatoms. The monoisotopic (exact) mass is 257 g/mol. The minimum atomic E-state index is 0.317. The van der Waals surface area contributed by atoms with Crippen molar-refractivity contribution in [2.75, 3.05) is 6.54 Å². The Morgan fingerprint density at radius 3 is 2.47 bits per heavy atom. The van der Waals surface area contributed by atoms with Gasteiger partial charge in [0, 0.05) is 13.2 Å². The first-order chi connectivity index (χ1) is 9.13. The fourth-order valence-corrected chi connectivity index (χ4v) is 2.61. The Morgan fingerprint density at radius 1 is 1.26 bits per heavy atom. The highest BCUT2D eigenvalue weighted by atomic mass is 15.1. The van der Waals surface area contributed by atoms with Crippen LogP contribution in [0.25, 0.3) is 0 Å². The number of nitrogens with one attached hydrogen (secondary N) is 1. The van der Waals surface area contributed by atoms with Crippen LogP contribution in [0.3, 0.4) is 0 Å². The maximum Gasteiger partial charge on any atom is 0.0946 e. The summed E-state index contributed by atoms with van der Waals surface area (Å²) in [5.74, 6) is 0. The minimum Gasteiger partial charge on any atom is -0.336 e. The SMILES string of the molecule is CCNC(Cc1c(C)cccc1C)c1cncn1C. The number of likely N-dealkylation sites (N-methyl/N-ethyl adjacent to an activating group) is 1. The third-order valence-corrected chi connectivity index (χ3v) is 3.71. The van der Waals surface area contributed by atoms with Gasteiger partial charge in [0.25, 0.3) is 0 Å². The number of aryl methyl sites for hydroxylation is 3. The van der Waals surface area contributed by atoms with Crippen molar-refractivity contribution in [3.63, 3.8) is 0 Å². The van der Waals surface area contributed by atoms with E-state index in [0.717, 1.165) is 13.0 Å². The number of hydrogen-bond acceptors (Lipinski definition) is 2. The van der Waals surface area contributed by atoms with E-state index in [0.29, 0.717) is 6.04 Å². The molecular formula is C16H23N3. The van der Waals surface area contributed by atoms with Gasteiger partial charge < -0.3 is 9.88 Å². The number of rotatable bonds is 5. The van der Waals surface area contributed by atoms with Crippen molar-refractivity contribution in [2.45, 2.75) is 33.2 Å². The molecule has 0 aliphatic heterocycles. The normalized spacial score (nSPS) is 12.6. The van der Waals surface area contributed by atoms with Crippen molar-refractivity contribution < 1.29 is 0 Å². The van der Waals surface area contributed by atoms with Crippen molar-refractivity contribution in [1.82, 2.24) is 14.9 Å². The number of aromatic nitrogens is 2. The lowest BCUT2D eigenvalue weighted by molar-refractivity contribution is 0.519. The van der Waals surface area contributed by atoms with E-state index < -0.39 is 0 Å². The molecule has 2 rings (SSSR count). The molecule has 0 spiro atoms. The molecule has 0 saturated carbocycles. The summed E-state index contributed by atoms with van der Waals surface area (Å²) in [4.78, 5) is 4.23. The third-order valence-electron chi connectivity index (χ3n) is 3.71. The van der Waals surface area contributed by atoms with Crippen LogP contribution in [0, 0.1) is 13.8 Å². The molecule has 0 saturated heterocycles. The first-order valence-corrected chi connectivity index (χ1v) is 6.88. The number of nitrogens with zero attached hydrogens (tertiary/aromatic N) is 2. The number of hydrogen-bond donors (Lipinski definition) is 1.